The number of fused-ring (bicyclic) bond motifs is 1. The van der Waals surface area contributed by atoms with Gasteiger partial charge in [0, 0.05) is 50.9 Å². The number of aromatic nitrogens is 3. The number of rotatable bonds is 3. The van der Waals surface area contributed by atoms with E-state index >= 15 is 0 Å². The highest BCUT2D eigenvalue weighted by molar-refractivity contribution is 6.33. The van der Waals surface area contributed by atoms with Gasteiger partial charge < -0.3 is 19.1 Å². The van der Waals surface area contributed by atoms with E-state index in [1.807, 2.05) is 0 Å². The maximum absolute atomic E-state index is 12.7. The van der Waals surface area contributed by atoms with Crippen LogP contribution in [0.25, 0.3) is 0 Å². The highest BCUT2D eigenvalue weighted by Crippen LogP contribution is 2.30. The molecule has 1 amide bonds. The fourth-order valence-electron chi connectivity index (χ4n) is 3.98. The zero-order valence-electron chi connectivity index (χ0n) is 16.6. The Balaban J connectivity index is 1.54. The monoisotopic (exact) mass is 403 g/mol. The lowest BCUT2D eigenvalue weighted by Gasteiger charge is -2.29. The Bertz CT molecular complexity index is 889. The summed E-state index contributed by atoms with van der Waals surface area (Å²) < 4.78 is 7.53. The van der Waals surface area contributed by atoms with E-state index in [1.54, 1.807) is 17.2 Å². The van der Waals surface area contributed by atoms with Gasteiger partial charge in [0.25, 0.3) is 5.91 Å². The Morgan fingerprint density at radius 1 is 1.25 bits per heavy atom. The van der Waals surface area contributed by atoms with Crippen molar-refractivity contribution in [2.45, 2.75) is 32.7 Å². The Morgan fingerprint density at radius 3 is 2.68 bits per heavy atom. The minimum atomic E-state index is -0.0449. The predicted molar refractivity (Wildman–Crippen MR) is 108 cm³/mol. The molecule has 28 heavy (non-hydrogen) atoms. The number of ether oxygens (including phenoxy) is 1. The second kappa shape index (κ2) is 7.72. The van der Waals surface area contributed by atoms with Crippen molar-refractivity contribution in [3.8, 4) is 0 Å². The Morgan fingerprint density at radius 2 is 2.00 bits per heavy atom. The molecule has 0 saturated carbocycles. The van der Waals surface area contributed by atoms with Crippen LogP contribution in [0.1, 0.15) is 47.3 Å². The smallest absolute Gasteiger partial charge is 0.255 e. The van der Waals surface area contributed by atoms with Crippen LogP contribution in [0.4, 0.5) is 5.82 Å². The number of carbonyl (C=O) groups excluding carboxylic acids is 1. The van der Waals surface area contributed by atoms with Crippen LogP contribution >= 0.6 is 11.6 Å². The number of anilines is 1. The van der Waals surface area contributed by atoms with Crippen LogP contribution in [0.2, 0.25) is 5.02 Å². The van der Waals surface area contributed by atoms with Crippen molar-refractivity contribution in [2.24, 2.45) is 7.05 Å². The van der Waals surface area contributed by atoms with Crippen molar-refractivity contribution >= 4 is 23.3 Å². The Hall–Kier alpha value is -2.12. The summed E-state index contributed by atoms with van der Waals surface area (Å²) in [6, 6.07) is 1.73. The number of hydrogen-bond donors (Lipinski definition) is 0. The molecule has 2 aromatic rings. The largest absolute Gasteiger partial charge is 0.378 e. The van der Waals surface area contributed by atoms with Crippen LogP contribution in [0, 0.1) is 0 Å². The number of halogens is 1. The summed E-state index contributed by atoms with van der Waals surface area (Å²) >= 11 is 6.53. The van der Waals surface area contributed by atoms with Gasteiger partial charge in [-0.2, -0.15) is 0 Å². The zero-order chi connectivity index (χ0) is 19.8. The van der Waals surface area contributed by atoms with Crippen molar-refractivity contribution in [1.82, 2.24) is 19.4 Å². The summed E-state index contributed by atoms with van der Waals surface area (Å²) in [7, 11) is 2.09. The van der Waals surface area contributed by atoms with Gasteiger partial charge in [0.15, 0.2) is 0 Å². The van der Waals surface area contributed by atoms with Gasteiger partial charge in [-0.1, -0.05) is 25.4 Å². The van der Waals surface area contributed by atoms with Crippen LogP contribution in [0.3, 0.4) is 0 Å². The second-order valence-electron chi connectivity index (χ2n) is 7.68. The molecule has 0 unspecified atom stereocenters. The summed E-state index contributed by atoms with van der Waals surface area (Å²) in [4.78, 5) is 26.0. The molecule has 2 aromatic heterocycles. The Kier molecular flexibility index (Phi) is 5.29. The van der Waals surface area contributed by atoms with Crippen molar-refractivity contribution in [1.29, 1.82) is 0 Å². The molecule has 2 aliphatic heterocycles. The maximum atomic E-state index is 12.7. The lowest BCUT2D eigenvalue weighted by atomic mass is 10.1. The number of imidazole rings is 1. The standard InChI is InChI=1S/C20H26ClN5O2/c1-13(2)18-23-16-12-26(5-4-17(16)24(18)3)19-15(21)10-14(11-22-19)20(27)25-6-8-28-9-7-25/h10-11,13H,4-9,12H2,1-3H3. The van der Waals surface area contributed by atoms with Crippen molar-refractivity contribution in [2.75, 3.05) is 37.7 Å². The third-order valence-electron chi connectivity index (χ3n) is 5.47. The molecule has 0 radical (unpaired) electrons. The molecule has 4 rings (SSSR count). The van der Waals surface area contributed by atoms with Gasteiger partial charge in [-0.15, -0.1) is 0 Å². The average molecular weight is 404 g/mol. The minimum Gasteiger partial charge on any atom is -0.378 e. The number of nitrogens with zero attached hydrogens (tertiary/aromatic N) is 5. The molecule has 1 fully saturated rings. The lowest BCUT2D eigenvalue weighted by Crippen LogP contribution is -2.40. The van der Waals surface area contributed by atoms with E-state index in [2.05, 4.69) is 35.3 Å². The van der Waals surface area contributed by atoms with E-state index in [0.717, 1.165) is 24.5 Å². The predicted octanol–water partition coefficient (Wildman–Crippen LogP) is 2.63. The van der Waals surface area contributed by atoms with E-state index in [-0.39, 0.29) is 5.91 Å². The molecule has 0 bridgehead atoms. The molecule has 7 nitrogen and oxygen atoms in total. The quantitative estimate of drug-likeness (QED) is 0.788. The van der Waals surface area contributed by atoms with E-state index < -0.39 is 0 Å². The van der Waals surface area contributed by atoms with Crippen molar-refractivity contribution < 1.29 is 9.53 Å². The van der Waals surface area contributed by atoms with Gasteiger partial charge in [-0.3, -0.25) is 4.79 Å². The first-order valence-electron chi connectivity index (χ1n) is 9.77. The molecular formula is C20H26ClN5O2. The van der Waals surface area contributed by atoms with Gasteiger partial charge in [0.2, 0.25) is 0 Å². The molecule has 0 spiro atoms. The topological polar surface area (TPSA) is 63.5 Å². The van der Waals surface area contributed by atoms with Gasteiger partial charge in [0.05, 0.1) is 36.0 Å². The van der Waals surface area contributed by atoms with Crippen LogP contribution in [0.15, 0.2) is 12.3 Å². The second-order valence-corrected chi connectivity index (χ2v) is 8.09. The summed E-state index contributed by atoms with van der Waals surface area (Å²) in [6.45, 7) is 8.18. The molecule has 0 aliphatic carbocycles. The minimum absolute atomic E-state index is 0.0449. The summed E-state index contributed by atoms with van der Waals surface area (Å²) in [5, 5.41) is 0.502. The van der Waals surface area contributed by atoms with Crippen LogP contribution in [-0.2, 0) is 24.8 Å². The summed E-state index contributed by atoms with van der Waals surface area (Å²) in [5.41, 5.74) is 2.90. The highest BCUT2D eigenvalue weighted by atomic mass is 35.5. The molecule has 150 valence electrons. The van der Waals surface area contributed by atoms with Crippen molar-refractivity contribution in [3.05, 3.63) is 40.1 Å². The first-order valence-corrected chi connectivity index (χ1v) is 10.2. The molecule has 4 heterocycles. The molecule has 0 N–H and O–H groups in total. The zero-order valence-corrected chi connectivity index (χ0v) is 17.4. The third-order valence-corrected chi connectivity index (χ3v) is 5.75. The van der Waals surface area contributed by atoms with Gasteiger partial charge in [0.1, 0.15) is 11.6 Å². The van der Waals surface area contributed by atoms with Crippen LogP contribution in [-0.4, -0.2) is 58.2 Å². The number of morpholine rings is 1. The number of amides is 1. The first-order chi connectivity index (χ1) is 13.5. The molecule has 0 aromatic carbocycles. The van der Waals surface area contributed by atoms with Crippen molar-refractivity contribution in [3.63, 3.8) is 0 Å². The van der Waals surface area contributed by atoms with E-state index in [4.69, 9.17) is 21.3 Å². The van der Waals surface area contributed by atoms with Crippen LogP contribution in [0.5, 0.6) is 0 Å². The van der Waals surface area contributed by atoms with Gasteiger partial charge >= 0.3 is 0 Å². The van der Waals surface area contributed by atoms with Crippen LogP contribution < -0.4 is 4.90 Å². The first kappa shape index (κ1) is 19.2. The van der Waals surface area contributed by atoms with E-state index in [0.29, 0.717) is 55.2 Å². The third kappa shape index (κ3) is 3.49. The van der Waals surface area contributed by atoms with E-state index in [1.165, 1.54) is 5.69 Å². The molecule has 8 heteroatoms. The number of pyridine rings is 1. The Labute approximate surface area is 170 Å². The normalized spacial score (nSPS) is 17.2. The fraction of sp³-hybridized carbons (Fsp3) is 0.550. The van der Waals surface area contributed by atoms with E-state index in [9.17, 15) is 4.79 Å². The molecule has 1 saturated heterocycles. The number of hydrogen-bond acceptors (Lipinski definition) is 5. The summed E-state index contributed by atoms with van der Waals surface area (Å²) in [5.74, 6) is 2.16. The highest BCUT2D eigenvalue weighted by Gasteiger charge is 2.26. The summed E-state index contributed by atoms with van der Waals surface area (Å²) in [6.07, 6.45) is 2.53. The molecule has 2 aliphatic rings. The SMILES string of the molecule is CC(C)c1nc2c(n1C)CCN(c1ncc(C(=O)N3CCOCC3)cc1Cl)C2. The molecule has 0 atom stereocenters. The average Bonchev–Trinajstić information content (AvgIpc) is 3.04. The fourth-order valence-corrected chi connectivity index (χ4v) is 4.26. The molecular weight excluding hydrogens is 378 g/mol. The van der Waals surface area contributed by atoms with Gasteiger partial charge in [-0.05, 0) is 6.07 Å². The van der Waals surface area contributed by atoms with Gasteiger partial charge in [-0.25, -0.2) is 9.97 Å². The number of carbonyl (C=O) groups is 1. The lowest BCUT2D eigenvalue weighted by molar-refractivity contribution is 0.0302. The maximum Gasteiger partial charge on any atom is 0.255 e.